The van der Waals surface area contributed by atoms with Gasteiger partial charge in [0, 0.05) is 24.7 Å². The van der Waals surface area contributed by atoms with E-state index in [1.165, 1.54) is 6.07 Å². The Morgan fingerprint density at radius 3 is 2.63 bits per heavy atom. The molecule has 6 heteroatoms. The zero-order valence-electron chi connectivity index (χ0n) is 10.4. The molecule has 4 N–H and O–H groups in total. The molecule has 1 aliphatic carbocycles. The zero-order valence-corrected chi connectivity index (χ0v) is 11.2. The summed E-state index contributed by atoms with van der Waals surface area (Å²) in [5, 5.41) is 5.81. The topological polar surface area (TPSA) is 84.2 Å². The maximum absolute atomic E-state index is 11.8. The van der Waals surface area contributed by atoms with Gasteiger partial charge in [0.25, 0.3) is 5.91 Å². The summed E-state index contributed by atoms with van der Waals surface area (Å²) >= 11 is 5.92. The van der Waals surface area contributed by atoms with Crippen molar-refractivity contribution < 1.29 is 9.59 Å². The monoisotopic (exact) mass is 281 g/mol. The highest BCUT2D eigenvalue weighted by Crippen LogP contribution is 2.28. The van der Waals surface area contributed by atoms with Gasteiger partial charge in [-0.1, -0.05) is 11.6 Å². The first-order valence-corrected chi connectivity index (χ1v) is 6.56. The summed E-state index contributed by atoms with van der Waals surface area (Å²) in [7, 11) is 0. The third kappa shape index (κ3) is 3.86. The Morgan fingerprint density at radius 1 is 1.26 bits per heavy atom. The summed E-state index contributed by atoms with van der Waals surface area (Å²) in [4.78, 5) is 23.2. The summed E-state index contributed by atoms with van der Waals surface area (Å²) < 4.78 is 0. The number of rotatable bonds is 5. The average molecular weight is 282 g/mol. The highest BCUT2D eigenvalue weighted by molar-refractivity contribution is 6.34. The van der Waals surface area contributed by atoms with Gasteiger partial charge in [0.15, 0.2) is 0 Å². The molecule has 0 bridgehead atoms. The molecule has 1 aliphatic rings. The Hall–Kier alpha value is -1.75. The number of benzene rings is 1. The standard InChI is InChI=1S/C13H16ClN3O2/c14-11-4-3-9(15)7-10(11)13(19)17-6-5-16-12(18)8-1-2-8/h3-4,7-8H,1-2,5-6,15H2,(H,16,18)(H,17,19). The molecule has 1 fully saturated rings. The van der Waals surface area contributed by atoms with Gasteiger partial charge in [-0.25, -0.2) is 0 Å². The first-order valence-electron chi connectivity index (χ1n) is 6.19. The summed E-state index contributed by atoms with van der Waals surface area (Å²) in [6.07, 6.45) is 1.94. The lowest BCUT2D eigenvalue weighted by atomic mass is 10.2. The lowest BCUT2D eigenvalue weighted by molar-refractivity contribution is -0.122. The fourth-order valence-corrected chi connectivity index (χ4v) is 1.87. The predicted molar refractivity (Wildman–Crippen MR) is 73.9 cm³/mol. The van der Waals surface area contributed by atoms with E-state index in [2.05, 4.69) is 10.6 Å². The Morgan fingerprint density at radius 2 is 1.95 bits per heavy atom. The molecule has 0 aliphatic heterocycles. The maximum atomic E-state index is 11.8. The van der Waals surface area contributed by atoms with E-state index in [4.69, 9.17) is 17.3 Å². The van der Waals surface area contributed by atoms with E-state index in [1.807, 2.05) is 0 Å². The van der Waals surface area contributed by atoms with Gasteiger partial charge in [-0.05, 0) is 31.0 Å². The van der Waals surface area contributed by atoms with Gasteiger partial charge in [-0.3, -0.25) is 9.59 Å². The van der Waals surface area contributed by atoms with Crippen molar-refractivity contribution in [3.05, 3.63) is 28.8 Å². The molecule has 2 amide bonds. The molecule has 1 aromatic rings. The van der Waals surface area contributed by atoms with Gasteiger partial charge >= 0.3 is 0 Å². The van der Waals surface area contributed by atoms with Crippen molar-refractivity contribution in [3.8, 4) is 0 Å². The quantitative estimate of drug-likeness (QED) is 0.560. The third-order valence-electron chi connectivity index (χ3n) is 2.89. The Labute approximate surface area is 116 Å². The molecule has 102 valence electrons. The minimum absolute atomic E-state index is 0.0660. The number of nitrogens with one attached hydrogen (secondary N) is 2. The minimum Gasteiger partial charge on any atom is -0.399 e. The van der Waals surface area contributed by atoms with Gasteiger partial charge in [0.1, 0.15) is 0 Å². The summed E-state index contributed by atoms with van der Waals surface area (Å²) in [5.41, 5.74) is 6.43. The third-order valence-corrected chi connectivity index (χ3v) is 3.22. The fraction of sp³-hybridized carbons (Fsp3) is 0.385. The molecule has 19 heavy (non-hydrogen) atoms. The van der Waals surface area contributed by atoms with E-state index in [0.29, 0.717) is 29.4 Å². The highest BCUT2D eigenvalue weighted by Gasteiger charge is 2.28. The normalized spacial score (nSPS) is 13.9. The molecular formula is C13H16ClN3O2. The fourth-order valence-electron chi connectivity index (χ4n) is 1.66. The number of hydrogen-bond acceptors (Lipinski definition) is 3. The second-order valence-corrected chi connectivity index (χ2v) is 4.97. The lowest BCUT2D eigenvalue weighted by Gasteiger charge is -2.08. The van der Waals surface area contributed by atoms with E-state index in [0.717, 1.165) is 12.8 Å². The largest absolute Gasteiger partial charge is 0.399 e. The molecule has 0 atom stereocenters. The van der Waals surface area contributed by atoms with Crippen LogP contribution in [0.5, 0.6) is 0 Å². The lowest BCUT2D eigenvalue weighted by Crippen LogP contribution is -2.35. The van der Waals surface area contributed by atoms with Crippen molar-refractivity contribution in [2.75, 3.05) is 18.8 Å². The van der Waals surface area contributed by atoms with Crippen LogP contribution in [0.1, 0.15) is 23.2 Å². The molecule has 0 aromatic heterocycles. The van der Waals surface area contributed by atoms with Crippen LogP contribution in [0.3, 0.4) is 0 Å². The summed E-state index contributed by atoms with van der Waals surface area (Å²) in [5.74, 6) is -0.0479. The van der Waals surface area contributed by atoms with Crippen LogP contribution in [-0.4, -0.2) is 24.9 Å². The molecular weight excluding hydrogens is 266 g/mol. The Bertz CT molecular complexity index is 501. The number of amides is 2. The van der Waals surface area contributed by atoms with Gasteiger partial charge in [0.2, 0.25) is 5.91 Å². The van der Waals surface area contributed by atoms with Gasteiger partial charge in [-0.2, -0.15) is 0 Å². The van der Waals surface area contributed by atoms with E-state index in [9.17, 15) is 9.59 Å². The van der Waals surface area contributed by atoms with E-state index in [-0.39, 0.29) is 17.7 Å². The van der Waals surface area contributed by atoms with Crippen LogP contribution in [0.25, 0.3) is 0 Å². The Balaban J connectivity index is 1.77. The van der Waals surface area contributed by atoms with Crippen molar-refractivity contribution in [2.24, 2.45) is 5.92 Å². The van der Waals surface area contributed by atoms with Crippen LogP contribution >= 0.6 is 11.6 Å². The molecule has 0 radical (unpaired) electrons. The molecule has 0 unspecified atom stereocenters. The minimum atomic E-state index is -0.294. The predicted octanol–water partition coefficient (Wildman–Crippen LogP) is 1.18. The molecule has 1 aromatic carbocycles. The summed E-state index contributed by atoms with van der Waals surface area (Å²) in [6, 6.07) is 4.75. The second kappa shape index (κ2) is 5.93. The number of nitrogen functional groups attached to an aromatic ring is 1. The van der Waals surface area contributed by atoms with Gasteiger partial charge in [-0.15, -0.1) is 0 Å². The van der Waals surface area contributed by atoms with Crippen LogP contribution < -0.4 is 16.4 Å². The SMILES string of the molecule is Nc1ccc(Cl)c(C(=O)NCCNC(=O)C2CC2)c1. The number of halogens is 1. The number of hydrogen-bond donors (Lipinski definition) is 3. The van der Waals surface area contributed by atoms with Crippen LogP contribution in [-0.2, 0) is 4.79 Å². The number of nitrogens with two attached hydrogens (primary N) is 1. The van der Waals surface area contributed by atoms with E-state index < -0.39 is 0 Å². The van der Waals surface area contributed by atoms with Crippen LogP contribution in [0.15, 0.2) is 18.2 Å². The van der Waals surface area contributed by atoms with Crippen molar-refractivity contribution in [3.63, 3.8) is 0 Å². The first-order chi connectivity index (χ1) is 9.08. The number of anilines is 1. The summed E-state index contributed by atoms with van der Waals surface area (Å²) in [6.45, 7) is 0.781. The molecule has 2 rings (SSSR count). The highest BCUT2D eigenvalue weighted by atomic mass is 35.5. The van der Waals surface area contributed by atoms with Crippen molar-refractivity contribution >= 4 is 29.1 Å². The molecule has 0 saturated heterocycles. The molecule has 5 nitrogen and oxygen atoms in total. The van der Waals surface area contributed by atoms with Gasteiger partial charge in [0.05, 0.1) is 10.6 Å². The first kappa shape index (κ1) is 13.7. The molecule has 0 heterocycles. The number of carbonyl (C=O) groups is 2. The smallest absolute Gasteiger partial charge is 0.252 e. The van der Waals surface area contributed by atoms with Gasteiger partial charge < -0.3 is 16.4 Å². The molecule has 0 spiro atoms. The van der Waals surface area contributed by atoms with Crippen molar-refractivity contribution in [2.45, 2.75) is 12.8 Å². The van der Waals surface area contributed by atoms with Crippen LogP contribution in [0.2, 0.25) is 5.02 Å². The second-order valence-electron chi connectivity index (χ2n) is 4.56. The van der Waals surface area contributed by atoms with Crippen LogP contribution in [0, 0.1) is 5.92 Å². The average Bonchev–Trinajstić information content (AvgIpc) is 3.21. The Kier molecular flexibility index (Phi) is 4.27. The zero-order chi connectivity index (χ0) is 13.8. The van der Waals surface area contributed by atoms with E-state index in [1.54, 1.807) is 12.1 Å². The molecule has 1 saturated carbocycles. The van der Waals surface area contributed by atoms with Crippen molar-refractivity contribution in [1.82, 2.24) is 10.6 Å². The number of carbonyl (C=O) groups excluding carboxylic acids is 2. The van der Waals surface area contributed by atoms with Crippen molar-refractivity contribution in [1.29, 1.82) is 0 Å². The van der Waals surface area contributed by atoms with Crippen LogP contribution in [0.4, 0.5) is 5.69 Å². The maximum Gasteiger partial charge on any atom is 0.252 e. The van der Waals surface area contributed by atoms with E-state index >= 15 is 0 Å².